The Kier molecular flexibility index (Phi) is 15.3. The number of hydrogen-bond acceptors (Lipinski definition) is 11. The number of benzene rings is 2. The quantitative estimate of drug-likeness (QED) is 0.0345. The average molecular weight is 839 g/mol. The zero-order valence-corrected chi connectivity index (χ0v) is 35.7. The van der Waals surface area contributed by atoms with Crippen molar-refractivity contribution >= 4 is 48.0 Å². The molecule has 1 unspecified atom stereocenters. The Labute approximate surface area is 356 Å². The van der Waals surface area contributed by atoms with Gasteiger partial charge in [0, 0.05) is 53.4 Å². The van der Waals surface area contributed by atoms with E-state index < -0.39 is 35.5 Å². The molecule has 2 aromatic carbocycles. The number of hydrazine groups is 1. The SMILES string of the molecule is C=C(/N=C(\OC)c1ccncc1)C(=O)N/C(C)=C/N(N)C1CCC(BC(=O)c2ccc(NC(=O)[C@@H]3N[C@@H](CC(C)(C)C)C(C#N)[C@H]3c3cccc(Cl)c3F)c(OC)c2)CC1. The van der Waals surface area contributed by atoms with Gasteiger partial charge in [0.25, 0.3) is 5.91 Å². The van der Waals surface area contributed by atoms with Crippen LogP contribution in [0, 0.1) is 28.5 Å². The van der Waals surface area contributed by atoms with Crippen LogP contribution in [0.4, 0.5) is 10.1 Å². The van der Waals surface area contributed by atoms with Gasteiger partial charge in [-0.25, -0.2) is 15.2 Å². The van der Waals surface area contributed by atoms with Crippen LogP contribution < -0.4 is 26.5 Å². The van der Waals surface area contributed by atoms with Crippen LogP contribution in [0.15, 0.2) is 90.1 Å². The van der Waals surface area contributed by atoms with Gasteiger partial charge in [0.1, 0.15) is 22.9 Å². The minimum absolute atomic E-state index is 0.00991. The number of nitrogens with one attached hydrogen (secondary N) is 3. The monoisotopic (exact) mass is 838 g/mol. The molecule has 0 bridgehead atoms. The summed E-state index contributed by atoms with van der Waals surface area (Å²) in [6.45, 7) is 11.6. The molecule has 2 amide bonds. The number of halogens is 2. The molecule has 3 aromatic rings. The van der Waals surface area contributed by atoms with Crippen molar-refractivity contribution in [2.75, 3.05) is 19.5 Å². The van der Waals surface area contributed by atoms with E-state index in [2.05, 4.69) is 38.6 Å². The van der Waals surface area contributed by atoms with Crippen molar-refractivity contribution in [2.45, 2.75) is 89.7 Å². The fraction of sp³-hybridized carbons (Fsp3) is 0.409. The van der Waals surface area contributed by atoms with Crippen molar-refractivity contribution < 1.29 is 28.2 Å². The molecule has 2 aliphatic rings. The Bertz CT molecular complexity index is 2170. The van der Waals surface area contributed by atoms with Crippen LogP contribution in [-0.2, 0) is 14.3 Å². The molecule has 13 nitrogen and oxygen atoms in total. The third-order valence-electron chi connectivity index (χ3n) is 10.9. The largest absolute Gasteiger partial charge is 0.495 e. The van der Waals surface area contributed by atoms with Gasteiger partial charge in [-0.15, -0.1) is 0 Å². The zero-order chi connectivity index (χ0) is 43.7. The van der Waals surface area contributed by atoms with Crippen LogP contribution in [0.25, 0.3) is 0 Å². The van der Waals surface area contributed by atoms with Crippen LogP contribution in [0.2, 0.25) is 10.8 Å². The first-order chi connectivity index (χ1) is 28.5. The van der Waals surface area contributed by atoms with Crippen LogP contribution in [0.1, 0.15) is 87.2 Å². The Morgan fingerprint density at radius 2 is 1.83 bits per heavy atom. The number of pyridine rings is 1. The number of carbonyl (C=O) groups is 3. The van der Waals surface area contributed by atoms with Gasteiger partial charge in [-0.1, -0.05) is 69.7 Å². The third-order valence-corrected chi connectivity index (χ3v) is 11.2. The topological polar surface area (TPSA) is 184 Å². The molecule has 4 atom stereocenters. The second kappa shape index (κ2) is 20.1. The number of ether oxygens (including phenoxy) is 2. The van der Waals surface area contributed by atoms with Gasteiger partial charge in [0.05, 0.1) is 43.0 Å². The molecule has 16 heteroatoms. The highest BCUT2D eigenvalue weighted by Gasteiger charge is 2.49. The fourth-order valence-corrected chi connectivity index (χ4v) is 8.20. The lowest BCUT2D eigenvalue weighted by molar-refractivity contribution is -0.118. The van der Waals surface area contributed by atoms with Crippen LogP contribution in [-0.4, -0.2) is 73.0 Å². The summed E-state index contributed by atoms with van der Waals surface area (Å²) in [6, 6.07) is 13.9. The zero-order valence-electron chi connectivity index (χ0n) is 34.9. The number of aliphatic imine (C=N–C) groups is 1. The minimum Gasteiger partial charge on any atom is -0.495 e. The van der Waals surface area contributed by atoms with E-state index in [1.54, 1.807) is 73.0 Å². The number of methoxy groups -OCH3 is 2. The fourth-order valence-electron chi connectivity index (χ4n) is 8.02. The van der Waals surface area contributed by atoms with E-state index in [0.717, 1.165) is 25.7 Å². The summed E-state index contributed by atoms with van der Waals surface area (Å²) in [5.74, 6) is 3.94. The molecule has 2 fully saturated rings. The van der Waals surface area contributed by atoms with E-state index in [9.17, 15) is 19.6 Å². The molecule has 316 valence electrons. The predicted molar refractivity (Wildman–Crippen MR) is 232 cm³/mol. The molecule has 0 radical (unpaired) electrons. The van der Waals surface area contributed by atoms with E-state index in [0.29, 0.717) is 42.0 Å². The maximum absolute atomic E-state index is 15.5. The van der Waals surface area contributed by atoms with E-state index in [4.69, 9.17) is 26.9 Å². The van der Waals surface area contributed by atoms with Gasteiger partial charge in [-0.05, 0) is 73.6 Å². The Morgan fingerprint density at radius 3 is 2.47 bits per heavy atom. The lowest BCUT2D eigenvalue weighted by Gasteiger charge is -2.33. The van der Waals surface area contributed by atoms with Gasteiger partial charge < -0.3 is 35.2 Å². The lowest BCUT2D eigenvalue weighted by Crippen LogP contribution is -2.42. The molecule has 1 aromatic heterocycles. The first-order valence-corrected chi connectivity index (χ1v) is 20.3. The third kappa shape index (κ3) is 11.4. The molecule has 60 heavy (non-hydrogen) atoms. The summed E-state index contributed by atoms with van der Waals surface area (Å²) >= 11 is 6.16. The summed E-state index contributed by atoms with van der Waals surface area (Å²) in [6.07, 6.45) is 8.49. The summed E-state index contributed by atoms with van der Waals surface area (Å²) < 4.78 is 26.4. The maximum atomic E-state index is 15.5. The van der Waals surface area contributed by atoms with Gasteiger partial charge in [0.2, 0.25) is 19.1 Å². The van der Waals surface area contributed by atoms with Crippen LogP contribution in [0.5, 0.6) is 5.75 Å². The van der Waals surface area contributed by atoms with E-state index in [1.165, 1.54) is 20.3 Å². The summed E-state index contributed by atoms with van der Waals surface area (Å²) in [4.78, 5) is 48.5. The van der Waals surface area contributed by atoms with Crippen molar-refractivity contribution in [3.05, 3.63) is 113 Å². The number of allylic oxidation sites excluding steroid dienone is 1. The molecular formula is C44H53BClFN8O5. The lowest BCUT2D eigenvalue weighted by atomic mass is 9.54. The number of anilines is 1. The van der Waals surface area contributed by atoms with Crippen molar-refractivity contribution in [2.24, 2.45) is 22.2 Å². The maximum Gasteiger partial charge on any atom is 0.273 e. The van der Waals surface area contributed by atoms with Crippen LogP contribution in [0.3, 0.4) is 0 Å². The Hall–Kier alpha value is -5.56. The van der Waals surface area contributed by atoms with Gasteiger partial charge >= 0.3 is 0 Å². The number of nitriles is 1. The minimum atomic E-state index is -0.952. The van der Waals surface area contributed by atoms with E-state index >= 15 is 4.39 Å². The van der Waals surface area contributed by atoms with Crippen molar-refractivity contribution in [1.29, 1.82) is 5.26 Å². The van der Waals surface area contributed by atoms with Crippen molar-refractivity contribution in [3.8, 4) is 11.8 Å². The molecule has 1 saturated heterocycles. The first-order valence-electron chi connectivity index (χ1n) is 19.9. The highest BCUT2D eigenvalue weighted by atomic mass is 35.5. The molecule has 1 saturated carbocycles. The Balaban J connectivity index is 1.18. The number of rotatable bonds is 14. The first kappa shape index (κ1) is 45.5. The molecule has 1 aliphatic heterocycles. The standard InChI is InChI=1S/C44H53BClFN8O5/c1-25(51-41(57)26(2)52-43(60-7)27-17-19-50-20-18-27)24-55(49)30-14-12-29(13-15-30)45-40(56)28-11-16-34(36(21-28)59-6)54-42(58)39-37(31-9-8-10-33(46)38(31)47)32(23-48)35(53-39)22-44(3,4)5/h8-11,16-21,24,29-30,32,35,37,39,45,53H,2,12-15,22,49H2,1,3-7H3,(H,51,57)(H,54,58)/b25-24+,52-43-/t29?,30?,32?,35-,37+,39+/m0/s1. The van der Waals surface area contributed by atoms with Crippen LogP contribution >= 0.6 is 11.6 Å². The Morgan fingerprint density at radius 1 is 1.13 bits per heavy atom. The van der Waals surface area contributed by atoms with Crippen molar-refractivity contribution in [1.82, 2.24) is 20.6 Å². The summed E-state index contributed by atoms with van der Waals surface area (Å²) in [7, 11) is 3.24. The number of aromatic nitrogens is 1. The average Bonchev–Trinajstić information content (AvgIpc) is 3.57. The smallest absolute Gasteiger partial charge is 0.273 e. The molecule has 5 N–H and O–H groups in total. The van der Waals surface area contributed by atoms with E-state index in [-0.39, 0.29) is 51.2 Å². The van der Waals surface area contributed by atoms with Crippen molar-refractivity contribution in [3.63, 3.8) is 0 Å². The normalized spacial score (nSPS) is 21.9. The molecular weight excluding hydrogens is 786 g/mol. The van der Waals surface area contributed by atoms with E-state index in [1.807, 2.05) is 20.8 Å². The molecule has 5 rings (SSSR count). The predicted octanol–water partition coefficient (Wildman–Crippen LogP) is 6.59. The number of nitrogens with two attached hydrogens (primary N) is 1. The summed E-state index contributed by atoms with van der Waals surface area (Å²) in [5.41, 5.74) is 1.87. The molecule has 1 aliphatic carbocycles. The molecule has 0 spiro atoms. The summed E-state index contributed by atoms with van der Waals surface area (Å²) in [5, 5.41) is 20.8. The van der Waals surface area contributed by atoms with Gasteiger partial charge in [-0.2, -0.15) is 5.26 Å². The number of carbonyl (C=O) groups excluding carboxylic acids is 3. The highest BCUT2D eigenvalue weighted by Crippen LogP contribution is 2.43. The van der Waals surface area contributed by atoms with Gasteiger partial charge in [0.15, 0.2) is 0 Å². The number of hydrogen-bond donors (Lipinski definition) is 4. The number of nitrogens with zero attached hydrogens (tertiary/aromatic N) is 4. The highest BCUT2D eigenvalue weighted by molar-refractivity contribution is 6.78. The molecule has 2 heterocycles. The second-order valence-corrected chi connectivity index (χ2v) is 17.0. The number of amides is 2. The van der Waals surface area contributed by atoms with Gasteiger partial charge in [-0.3, -0.25) is 14.6 Å². The second-order valence-electron chi connectivity index (χ2n) is 16.6.